The summed E-state index contributed by atoms with van der Waals surface area (Å²) in [5, 5.41) is 2.74. The first-order valence-electron chi connectivity index (χ1n) is 7.22. The first-order chi connectivity index (χ1) is 9.20. The molecule has 0 saturated carbocycles. The van der Waals surface area contributed by atoms with Gasteiger partial charge in [-0.3, -0.25) is 9.59 Å². The van der Waals surface area contributed by atoms with Gasteiger partial charge in [-0.25, -0.2) is 0 Å². The molecule has 5 nitrogen and oxygen atoms in total. The van der Waals surface area contributed by atoms with E-state index in [1.54, 1.807) is 6.92 Å². The van der Waals surface area contributed by atoms with E-state index in [0.29, 0.717) is 25.7 Å². The van der Waals surface area contributed by atoms with Gasteiger partial charge in [0.25, 0.3) is 0 Å². The van der Waals surface area contributed by atoms with Crippen molar-refractivity contribution >= 4 is 11.9 Å². The fraction of sp³-hybridized carbons (Fsp3) is 0.867. The van der Waals surface area contributed by atoms with E-state index >= 15 is 0 Å². The SMILES string of the molecule is CCOC(=O)C(C(=O)NCCOCC(C)C)C(C)(C)C. The normalized spacial score (nSPS) is 13.2. The van der Waals surface area contributed by atoms with Gasteiger partial charge in [-0.1, -0.05) is 34.6 Å². The maximum atomic E-state index is 12.1. The molecule has 0 radical (unpaired) electrons. The van der Waals surface area contributed by atoms with E-state index in [2.05, 4.69) is 19.2 Å². The minimum absolute atomic E-state index is 0.274. The fourth-order valence-corrected chi connectivity index (χ4v) is 1.75. The van der Waals surface area contributed by atoms with Crippen LogP contribution in [-0.4, -0.2) is 38.2 Å². The summed E-state index contributed by atoms with van der Waals surface area (Å²) >= 11 is 0. The molecule has 0 aliphatic heterocycles. The van der Waals surface area contributed by atoms with Crippen molar-refractivity contribution in [3.8, 4) is 0 Å². The Kier molecular flexibility index (Phi) is 8.46. The summed E-state index contributed by atoms with van der Waals surface area (Å²) in [4.78, 5) is 24.0. The van der Waals surface area contributed by atoms with E-state index in [4.69, 9.17) is 9.47 Å². The lowest BCUT2D eigenvalue weighted by Crippen LogP contribution is -2.44. The summed E-state index contributed by atoms with van der Waals surface area (Å²) in [6.45, 7) is 13.2. The van der Waals surface area contributed by atoms with Gasteiger partial charge in [0.2, 0.25) is 5.91 Å². The molecule has 0 aromatic carbocycles. The third-order valence-electron chi connectivity index (χ3n) is 2.65. The summed E-state index contributed by atoms with van der Waals surface area (Å²) in [5.41, 5.74) is -0.477. The van der Waals surface area contributed by atoms with E-state index in [-0.39, 0.29) is 12.5 Å². The van der Waals surface area contributed by atoms with Crippen LogP contribution < -0.4 is 5.32 Å². The zero-order valence-electron chi connectivity index (χ0n) is 13.6. The van der Waals surface area contributed by atoms with E-state index in [9.17, 15) is 9.59 Å². The van der Waals surface area contributed by atoms with Crippen LogP contribution >= 0.6 is 0 Å². The molecular weight excluding hydrogens is 258 g/mol. The van der Waals surface area contributed by atoms with Gasteiger partial charge in [-0.2, -0.15) is 0 Å². The predicted molar refractivity (Wildman–Crippen MR) is 78.2 cm³/mol. The number of hydrogen-bond acceptors (Lipinski definition) is 4. The van der Waals surface area contributed by atoms with Gasteiger partial charge in [0.1, 0.15) is 5.92 Å². The van der Waals surface area contributed by atoms with Crippen molar-refractivity contribution in [2.45, 2.75) is 41.5 Å². The van der Waals surface area contributed by atoms with Crippen molar-refractivity contribution < 1.29 is 19.1 Å². The summed E-state index contributed by atoms with van der Waals surface area (Å²) in [7, 11) is 0. The average Bonchev–Trinajstić information content (AvgIpc) is 2.26. The third-order valence-corrected chi connectivity index (χ3v) is 2.65. The van der Waals surface area contributed by atoms with Crippen molar-refractivity contribution in [3.63, 3.8) is 0 Å². The van der Waals surface area contributed by atoms with Crippen LogP contribution in [0.15, 0.2) is 0 Å². The quantitative estimate of drug-likeness (QED) is 0.421. The van der Waals surface area contributed by atoms with Gasteiger partial charge < -0.3 is 14.8 Å². The number of rotatable bonds is 8. The number of amides is 1. The number of nitrogens with one attached hydrogen (secondary N) is 1. The fourth-order valence-electron chi connectivity index (χ4n) is 1.75. The second-order valence-corrected chi connectivity index (χ2v) is 6.31. The smallest absolute Gasteiger partial charge is 0.319 e. The Labute approximate surface area is 122 Å². The van der Waals surface area contributed by atoms with Crippen LogP contribution in [0.2, 0.25) is 0 Å². The number of hydrogen-bond donors (Lipinski definition) is 1. The molecule has 118 valence electrons. The second kappa shape index (κ2) is 8.95. The number of carbonyl (C=O) groups is 2. The molecule has 0 aliphatic rings. The van der Waals surface area contributed by atoms with Crippen molar-refractivity contribution in [1.82, 2.24) is 5.32 Å². The molecule has 5 heteroatoms. The Hall–Kier alpha value is -1.10. The standard InChI is InChI=1S/C15H29NO4/c1-7-20-14(18)12(15(4,5)6)13(17)16-8-9-19-10-11(2)3/h11-12H,7-10H2,1-6H3,(H,16,17). The van der Waals surface area contributed by atoms with Crippen LogP contribution in [0.25, 0.3) is 0 Å². The molecule has 1 amide bonds. The summed E-state index contributed by atoms with van der Waals surface area (Å²) in [5.74, 6) is -1.11. The lowest BCUT2D eigenvalue weighted by Gasteiger charge is -2.27. The van der Waals surface area contributed by atoms with Gasteiger partial charge in [0.05, 0.1) is 13.2 Å². The lowest BCUT2D eigenvalue weighted by atomic mass is 9.80. The van der Waals surface area contributed by atoms with Crippen LogP contribution in [0.5, 0.6) is 0 Å². The average molecular weight is 287 g/mol. The van der Waals surface area contributed by atoms with E-state index in [1.807, 2.05) is 20.8 Å². The Morgan fingerprint density at radius 2 is 1.80 bits per heavy atom. The lowest BCUT2D eigenvalue weighted by molar-refractivity contribution is -0.156. The molecule has 0 aliphatic carbocycles. The summed E-state index contributed by atoms with van der Waals surface area (Å²) in [6, 6.07) is 0. The van der Waals surface area contributed by atoms with Crippen molar-refractivity contribution in [1.29, 1.82) is 0 Å². The molecule has 0 bridgehead atoms. The van der Waals surface area contributed by atoms with Crippen LogP contribution in [0.1, 0.15) is 41.5 Å². The molecule has 0 rings (SSSR count). The molecule has 1 unspecified atom stereocenters. The largest absolute Gasteiger partial charge is 0.465 e. The minimum Gasteiger partial charge on any atom is -0.465 e. The minimum atomic E-state index is -0.799. The number of ether oxygens (including phenoxy) is 2. The van der Waals surface area contributed by atoms with Gasteiger partial charge in [-0.15, -0.1) is 0 Å². The van der Waals surface area contributed by atoms with E-state index in [0.717, 1.165) is 0 Å². The molecule has 0 aromatic rings. The molecule has 0 saturated heterocycles. The highest BCUT2D eigenvalue weighted by Gasteiger charge is 2.38. The zero-order valence-corrected chi connectivity index (χ0v) is 13.6. The van der Waals surface area contributed by atoms with E-state index in [1.165, 1.54) is 0 Å². The van der Waals surface area contributed by atoms with Crippen LogP contribution in [0, 0.1) is 17.3 Å². The van der Waals surface area contributed by atoms with Gasteiger partial charge in [0.15, 0.2) is 0 Å². The Bertz CT molecular complexity index is 307. The Morgan fingerprint density at radius 1 is 1.20 bits per heavy atom. The predicted octanol–water partition coefficient (Wildman–Crippen LogP) is 2.00. The molecule has 0 heterocycles. The monoisotopic (exact) mass is 287 g/mol. The molecular formula is C15H29NO4. The second-order valence-electron chi connectivity index (χ2n) is 6.31. The highest BCUT2D eigenvalue weighted by atomic mass is 16.5. The summed E-state index contributed by atoms with van der Waals surface area (Å²) in [6.07, 6.45) is 0. The number of carbonyl (C=O) groups excluding carboxylic acids is 2. The van der Waals surface area contributed by atoms with Crippen LogP contribution in [0.3, 0.4) is 0 Å². The van der Waals surface area contributed by atoms with Crippen molar-refractivity contribution in [2.24, 2.45) is 17.3 Å². The molecule has 0 fully saturated rings. The van der Waals surface area contributed by atoms with E-state index < -0.39 is 17.3 Å². The van der Waals surface area contributed by atoms with Gasteiger partial charge >= 0.3 is 5.97 Å². The molecule has 20 heavy (non-hydrogen) atoms. The highest BCUT2D eigenvalue weighted by Crippen LogP contribution is 2.27. The van der Waals surface area contributed by atoms with Gasteiger partial charge in [-0.05, 0) is 18.3 Å². The topological polar surface area (TPSA) is 64.6 Å². The Morgan fingerprint density at radius 3 is 2.25 bits per heavy atom. The van der Waals surface area contributed by atoms with Crippen LogP contribution in [-0.2, 0) is 19.1 Å². The summed E-state index contributed by atoms with van der Waals surface area (Å²) < 4.78 is 10.4. The maximum absolute atomic E-state index is 12.1. The highest BCUT2D eigenvalue weighted by molar-refractivity contribution is 5.98. The van der Waals surface area contributed by atoms with Crippen molar-refractivity contribution in [3.05, 3.63) is 0 Å². The third kappa shape index (κ3) is 7.48. The molecule has 0 spiro atoms. The van der Waals surface area contributed by atoms with Crippen molar-refractivity contribution in [2.75, 3.05) is 26.4 Å². The Balaban J connectivity index is 4.33. The molecule has 1 atom stereocenters. The number of esters is 1. The molecule has 1 N–H and O–H groups in total. The van der Waals surface area contributed by atoms with Crippen LogP contribution in [0.4, 0.5) is 0 Å². The zero-order chi connectivity index (χ0) is 15.8. The first kappa shape index (κ1) is 18.9. The van der Waals surface area contributed by atoms with Gasteiger partial charge in [0, 0.05) is 13.2 Å². The maximum Gasteiger partial charge on any atom is 0.319 e. The first-order valence-corrected chi connectivity index (χ1v) is 7.22. The molecule has 0 aromatic heterocycles.